The molecule has 1 saturated carbocycles. The minimum absolute atomic E-state index is 0.242. The molecule has 1 aromatic heterocycles. The van der Waals surface area contributed by atoms with Crippen molar-refractivity contribution in [2.75, 3.05) is 0 Å². The molecule has 3 nitrogen and oxygen atoms in total. The highest BCUT2D eigenvalue weighted by molar-refractivity contribution is 7.71. The van der Waals surface area contributed by atoms with Crippen LogP contribution in [0.2, 0.25) is 0 Å². The Morgan fingerprint density at radius 1 is 1.29 bits per heavy atom. The summed E-state index contributed by atoms with van der Waals surface area (Å²) in [5, 5.41) is 7.44. The minimum Gasteiger partial charge on any atom is -0.303 e. The summed E-state index contributed by atoms with van der Waals surface area (Å²) in [4.78, 5) is 0. The van der Waals surface area contributed by atoms with E-state index in [1.165, 1.54) is 37.9 Å². The first kappa shape index (κ1) is 12.8. The average Bonchev–Trinajstić information content (AvgIpc) is 2.60. The monoisotopic (exact) mass is 253 g/mol. The van der Waals surface area contributed by atoms with Gasteiger partial charge >= 0.3 is 0 Å². The molecule has 1 aromatic rings. The molecule has 0 atom stereocenters. The van der Waals surface area contributed by atoms with Crippen molar-refractivity contribution >= 4 is 12.2 Å². The third-order valence-corrected chi connectivity index (χ3v) is 3.70. The first-order valence-corrected chi connectivity index (χ1v) is 7.03. The summed E-state index contributed by atoms with van der Waals surface area (Å²) in [6.07, 6.45) is 6.58. The van der Waals surface area contributed by atoms with Crippen molar-refractivity contribution in [2.45, 2.75) is 65.3 Å². The highest BCUT2D eigenvalue weighted by Crippen LogP contribution is 2.32. The van der Waals surface area contributed by atoms with Gasteiger partial charge in [-0.25, -0.2) is 0 Å². The molecule has 0 bridgehead atoms. The fourth-order valence-electron chi connectivity index (χ4n) is 2.63. The van der Waals surface area contributed by atoms with Crippen molar-refractivity contribution in [1.82, 2.24) is 14.8 Å². The fourth-order valence-corrected chi connectivity index (χ4v) is 2.83. The SMILES string of the molecule is CC(C)(C)Cn1c(C2CCCCC2)n[nH]c1=S. The molecule has 0 aromatic carbocycles. The standard InChI is InChI=1S/C13H23N3S/c1-13(2,3)9-16-11(14-15-12(16)17)10-7-5-4-6-8-10/h10H,4-9H2,1-3H3,(H,15,17). The van der Waals surface area contributed by atoms with Crippen LogP contribution in [0.15, 0.2) is 0 Å². The number of nitrogens with zero attached hydrogens (tertiary/aromatic N) is 2. The van der Waals surface area contributed by atoms with Gasteiger partial charge < -0.3 is 4.57 Å². The van der Waals surface area contributed by atoms with Crippen LogP contribution in [0.3, 0.4) is 0 Å². The van der Waals surface area contributed by atoms with Crippen molar-refractivity contribution in [2.24, 2.45) is 5.41 Å². The van der Waals surface area contributed by atoms with E-state index >= 15 is 0 Å². The van der Waals surface area contributed by atoms with Gasteiger partial charge in [0, 0.05) is 12.5 Å². The lowest BCUT2D eigenvalue weighted by Gasteiger charge is -2.25. The van der Waals surface area contributed by atoms with Crippen LogP contribution < -0.4 is 0 Å². The summed E-state index contributed by atoms with van der Waals surface area (Å²) in [6, 6.07) is 0. The molecule has 0 aliphatic heterocycles. The summed E-state index contributed by atoms with van der Waals surface area (Å²) in [7, 11) is 0. The van der Waals surface area contributed by atoms with Gasteiger partial charge in [0.1, 0.15) is 5.82 Å². The topological polar surface area (TPSA) is 33.6 Å². The number of rotatable bonds is 2. The maximum absolute atomic E-state index is 5.36. The van der Waals surface area contributed by atoms with Crippen molar-refractivity contribution in [3.63, 3.8) is 0 Å². The highest BCUT2D eigenvalue weighted by Gasteiger charge is 2.23. The second-order valence-corrected chi connectivity index (χ2v) is 6.76. The van der Waals surface area contributed by atoms with Gasteiger partial charge in [0.05, 0.1) is 0 Å². The normalized spacial score (nSPS) is 18.5. The minimum atomic E-state index is 0.242. The number of H-pyrrole nitrogens is 1. The van der Waals surface area contributed by atoms with Crippen molar-refractivity contribution in [3.8, 4) is 0 Å². The van der Waals surface area contributed by atoms with Crippen LogP contribution in [0, 0.1) is 10.2 Å². The predicted octanol–water partition coefficient (Wildman–Crippen LogP) is 4.03. The van der Waals surface area contributed by atoms with Crippen LogP contribution in [0.25, 0.3) is 0 Å². The van der Waals surface area contributed by atoms with E-state index in [0.29, 0.717) is 5.92 Å². The second kappa shape index (κ2) is 4.92. The number of aromatic nitrogens is 3. The molecule has 0 spiro atoms. The number of hydrogen-bond acceptors (Lipinski definition) is 2. The maximum Gasteiger partial charge on any atom is 0.195 e. The Hall–Kier alpha value is -0.640. The lowest BCUT2D eigenvalue weighted by Crippen LogP contribution is -2.20. The molecular formula is C13H23N3S. The van der Waals surface area contributed by atoms with Crippen LogP contribution in [-0.4, -0.2) is 14.8 Å². The zero-order valence-corrected chi connectivity index (χ0v) is 11.9. The van der Waals surface area contributed by atoms with Gasteiger partial charge in [-0.3, -0.25) is 5.10 Å². The molecule has 0 amide bonds. The van der Waals surface area contributed by atoms with E-state index in [1.807, 2.05) is 0 Å². The van der Waals surface area contributed by atoms with Crippen LogP contribution >= 0.6 is 12.2 Å². The lowest BCUT2D eigenvalue weighted by molar-refractivity contribution is 0.322. The summed E-state index contributed by atoms with van der Waals surface area (Å²) < 4.78 is 2.99. The van der Waals surface area contributed by atoms with E-state index in [0.717, 1.165) is 11.3 Å². The molecule has 1 aliphatic carbocycles. The zero-order valence-electron chi connectivity index (χ0n) is 11.1. The van der Waals surface area contributed by atoms with E-state index in [2.05, 4.69) is 35.5 Å². The van der Waals surface area contributed by atoms with Gasteiger partial charge in [0.15, 0.2) is 4.77 Å². The largest absolute Gasteiger partial charge is 0.303 e. The average molecular weight is 253 g/mol. The van der Waals surface area contributed by atoms with Crippen LogP contribution in [0.4, 0.5) is 0 Å². The summed E-state index contributed by atoms with van der Waals surface area (Å²) in [5.74, 6) is 1.80. The highest BCUT2D eigenvalue weighted by atomic mass is 32.1. The summed E-state index contributed by atoms with van der Waals surface area (Å²) in [6.45, 7) is 7.68. The molecule has 1 N–H and O–H groups in total. The molecule has 0 saturated heterocycles. The Morgan fingerprint density at radius 2 is 1.94 bits per heavy atom. The Kier molecular flexibility index (Phi) is 3.71. The third-order valence-electron chi connectivity index (χ3n) is 3.39. The Bertz CT molecular complexity index is 419. The van der Waals surface area contributed by atoms with Crippen LogP contribution in [0.1, 0.15) is 64.6 Å². The second-order valence-electron chi connectivity index (χ2n) is 6.37. The molecule has 1 aliphatic rings. The summed E-state index contributed by atoms with van der Waals surface area (Å²) >= 11 is 5.36. The Labute approximate surface area is 109 Å². The van der Waals surface area contributed by atoms with Crippen molar-refractivity contribution < 1.29 is 0 Å². The molecule has 96 valence electrons. The number of aromatic amines is 1. The number of hydrogen-bond donors (Lipinski definition) is 1. The molecule has 1 heterocycles. The van der Waals surface area contributed by atoms with Crippen LogP contribution in [0.5, 0.6) is 0 Å². The van der Waals surface area contributed by atoms with E-state index in [1.54, 1.807) is 0 Å². The van der Waals surface area contributed by atoms with Gasteiger partial charge in [-0.15, -0.1) is 0 Å². The van der Waals surface area contributed by atoms with Gasteiger partial charge in [-0.2, -0.15) is 5.10 Å². The molecule has 1 fully saturated rings. The van der Waals surface area contributed by atoms with Gasteiger partial charge in [-0.1, -0.05) is 40.0 Å². The van der Waals surface area contributed by atoms with Gasteiger partial charge in [0.2, 0.25) is 0 Å². The van der Waals surface area contributed by atoms with E-state index in [4.69, 9.17) is 12.2 Å². The van der Waals surface area contributed by atoms with Crippen molar-refractivity contribution in [1.29, 1.82) is 0 Å². The maximum atomic E-state index is 5.36. The number of nitrogens with one attached hydrogen (secondary N) is 1. The molecule has 2 rings (SSSR count). The lowest BCUT2D eigenvalue weighted by atomic mass is 9.88. The first-order chi connectivity index (χ1) is 7.97. The molecule has 0 unspecified atom stereocenters. The smallest absolute Gasteiger partial charge is 0.195 e. The zero-order chi connectivity index (χ0) is 12.5. The summed E-state index contributed by atoms with van der Waals surface area (Å²) in [5.41, 5.74) is 0.242. The molecule has 17 heavy (non-hydrogen) atoms. The first-order valence-electron chi connectivity index (χ1n) is 6.62. The molecule has 4 heteroatoms. The molecule has 0 radical (unpaired) electrons. The van der Waals surface area contributed by atoms with E-state index in [-0.39, 0.29) is 5.41 Å². The fraction of sp³-hybridized carbons (Fsp3) is 0.846. The van der Waals surface area contributed by atoms with Gasteiger partial charge in [-0.05, 0) is 30.5 Å². The third kappa shape index (κ3) is 3.18. The Morgan fingerprint density at radius 3 is 2.53 bits per heavy atom. The van der Waals surface area contributed by atoms with Crippen molar-refractivity contribution in [3.05, 3.63) is 10.6 Å². The predicted molar refractivity (Wildman–Crippen MR) is 72.7 cm³/mol. The quantitative estimate of drug-likeness (QED) is 0.807. The Balaban J connectivity index is 2.25. The molecular weight excluding hydrogens is 230 g/mol. The van der Waals surface area contributed by atoms with E-state index in [9.17, 15) is 0 Å². The van der Waals surface area contributed by atoms with Gasteiger partial charge in [0.25, 0.3) is 0 Å². The van der Waals surface area contributed by atoms with Crippen LogP contribution in [-0.2, 0) is 6.54 Å². The van der Waals surface area contributed by atoms with E-state index < -0.39 is 0 Å².